The highest BCUT2D eigenvalue weighted by Crippen LogP contribution is 2.23. The van der Waals surface area contributed by atoms with Gasteiger partial charge in [0.15, 0.2) is 5.70 Å². The number of carbonyl (C=O) groups is 1. The molecule has 106 valence electrons. The van der Waals surface area contributed by atoms with E-state index in [0.29, 0.717) is 11.7 Å². The molecule has 0 fully saturated rings. The monoisotopic (exact) mass is 345 g/mol. The first-order valence-electron chi connectivity index (χ1n) is 6.38. The van der Waals surface area contributed by atoms with Crippen LogP contribution >= 0.6 is 15.9 Å². The zero-order valence-electron chi connectivity index (χ0n) is 11.5. The molecule has 2 heterocycles. The molecule has 0 bridgehead atoms. The van der Waals surface area contributed by atoms with Crippen molar-refractivity contribution in [3.63, 3.8) is 0 Å². The van der Waals surface area contributed by atoms with Crippen LogP contribution in [0.5, 0.6) is 0 Å². The fourth-order valence-corrected chi connectivity index (χ4v) is 2.22. The molecule has 1 aliphatic rings. The number of benzene rings is 1. The molecule has 0 amide bonds. The Bertz CT molecular complexity index is 787. The number of nitrogens with zero attached hydrogens (tertiary/aromatic N) is 1. The highest BCUT2D eigenvalue weighted by molar-refractivity contribution is 9.10. The van der Waals surface area contributed by atoms with Crippen LogP contribution in [-0.2, 0) is 9.53 Å². The predicted octanol–water partition coefficient (Wildman–Crippen LogP) is 4.00. The van der Waals surface area contributed by atoms with Gasteiger partial charge in [0, 0.05) is 16.1 Å². The van der Waals surface area contributed by atoms with Gasteiger partial charge in [-0.25, -0.2) is 9.79 Å². The fourth-order valence-electron chi connectivity index (χ4n) is 1.98. The normalized spacial score (nSPS) is 16.2. The Hall–Kier alpha value is -2.14. The highest BCUT2D eigenvalue weighted by Gasteiger charge is 2.24. The third kappa shape index (κ3) is 2.83. The summed E-state index contributed by atoms with van der Waals surface area (Å²) in [6, 6.07) is 9.28. The number of furan rings is 1. The van der Waals surface area contributed by atoms with Crippen LogP contribution in [0.3, 0.4) is 0 Å². The van der Waals surface area contributed by atoms with E-state index in [1.165, 1.54) is 0 Å². The summed E-state index contributed by atoms with van der Waals surface area (Å²) < 4.78 is 11.6. The molecular formula is C16H12BrNO3. The van der Waals surface area contributed by atoms with Crippen molar-refractivity contribution < 1.29 is 13.9 Å². The number of esters is 1. The van der Waals surface area contributed by atoms with Crippen molar-refractivity contribution in [1.29, 1.82) is 0 Å². The Labute approximate surface area is 130 Å². The van der Waals surface area contributed by atoms with Crippen molar-refractivity contribution in [2.45, 2.75) is 13.8 Å². The van der Waals surface area contributed by atoms with Crippen molar-refractivity contribution >= 4 is 33.9 Å². The van der Waals surface area contributed by atoms with Gasteiger partial charge in [0.25, 0.3) is 0 Å². The van der Waals surface area contributed by atoms with Gasteiger partial charge < -0.3 is 9.15 Å². The number of hydrogen-bond acceptors (Lipinski definition) is 4. The summed E-state index contributed by atoms with van der Waals surface area (Å²) >= 11 is 3.44. The lowest BCUT2D eigenvalue weighted by atomic mass is 10.1. The molecule has 0 aliphatic carbocycles. The van der Waals surface area contributed by atoms with Crippen molar-refractivity contribution in [3.05, 3.63) is 63.1 Å². The molecule has 0 unspecified atom stereocenters. The van der Waals surface area contributed by atoms with Crippen molar-refractivity contribution in [2.24, 2.45) is 4.99 Å². The quantitative estimate of drug-likeness (QED) is 0.610. The Morgan fingerprint density at radius 1 is 1.19 bits per heavy atom. The van der Waals surface area contributed by atoms with Crippen molar-refractivity contribution in [1.82, 2.24) is 0 Å². The van der Waals surface area contributed by atoms with E-state index in [0.717, 1.165) is 21.4 Å². The summed E-state index contributed by atoms with van der Waals surface area (Å²) in [4.78, 5) is 16.1. The standard InChI is InChI=1S/C16H12BrNO3/c1-9-7-11(4-6-13(9)17)15-18-14(16(19)21-15)8-12-5-3-10(2)20-12/h3-8H,1-2H3. The van der Waals surface area contributed by atoms with E-state index in [1.807, 2.05) is 38.1 Å². The molecule has 0 N–H and O–H groups in total. The Kier molecular flexibility index (Phi) is 3.51. The first kappa shape index (κ1) is 13.8. The van der Waals surface area contributed by atoms with Crippen molar-refractivity contribution in [3.8, 4) is 0 Å². The number of halogens is 1. The summed E-state index contributed by atoms with van der Waals surface area (Å²) in [5, 5.41) is 0. The van der Waals surface area contributed by atoms with E-state index in [2.05, 4.69) is 20.9 Å². The van der Waals surface area contributed by atoms with Crippen LogP contribution in [0.15, 0.2) is 49.9 Å². The molecule has 3 rings (SSSR count). The van der Waals surface area contributed by atoms with E-state index in [9.17, 15) is 4.79 Å². The first-order valence-corrected chi connectivity index (χ1v) is 7.18. The second kappa shape index (κ2) is 5.33. The third-order valence-corrected chi connectivity index (χ3v) is 3.96. The molecule has 0 saturated heterocycles. The summed E-state index contributed by atoms with van der Waals surface area (Å²) in [5.74, 6) is 1.20. The minimum atomic E-state index is -0.473. The Morgan fingerprint density at radius 3 is 2.67 bits per heavy atom. The average Bonchev–Trinajstić information content (AvgIpc) is 3.00. The van der Waals surface area contributed by atoms with Crippen LogP contribution in [0.2, 0.25) is 0 Å². The molecule has 2 aromatic rings. The lowest BCUT2D eigenvalue weighted by Gasteiger charge is -2.02. The molecule has 5 heteroatoms. The van der Waals surface area contributed by atoms with Gasteiger partial charge >= 0.3 is 5.97 Å². The smallest absolute Gasteiger partial charge is 0.363 e. The summed E-state index contributed by atoms with van der Waals surface area (Å²) in [7, 11) is 0. The zero-order chi connectivity index (χ0) is 15.0. The van der Waals surface area contributed by atoms with Gasteiger partial charge in [-0.15, -0.1) is 0 Å². The molecular weight excluding hydrogens is 334 g/mol. The lowest BCUT2D eigenvalue weighted by molar-refractivity contribution is -0.129. The number of aryl methyl sites for hydroxylation is 2. The van der Waals surface area contributed by atoms with Crippen LogP contribution in [0, 0.1) is 13.8 Å². The molecule has 1 aromatic heterocycles. The SMILES string of the molecule is Cc1ccc(C=C2N=C(c3ccc(Br)c(C)c3)OC2=O)o1. The molecule has 0 spiro atoms. The van der Waals surface area contributed by atoms with Gasteiger partial charge in [0.2, 0.25) is 5.90 Å². The number of ether oxygens (including phenoxy) is 1. The Balaban J connectivity index is 1.95. The van der Waals surface area contributed by atoms with Gasteiger partial charge in [0.1, 0.15) is 11.5 Å². The fraction of sp³-hybridized carbons (Fsp3) is 0.125. The maximum atomic E-state index is 11.9. The average molecular weight is 346 g/mol. The molecule has 1 aliphatic heterocycles. The van der Waals surface area contributed by atoms with Crippen LogP contribution in [0.25, 0.3) is 6.08 Å². The van der Waals surface area contributed by atoms with Gasteiger partial charge in [-0.1, -0.05) is 15.9 Å². The summed E-state index contributed by atoms with van der Waals surface area (Å²) in [6.07, 6.45) is 1.58. The van der Waals surface area contributed by atoms with Crippen LogP contribution in [0.4, 0.5) is 0 Å². The predicted molar refractivity (Wildman–Crippen MR) is 82.9 cm³/mol. The number of rotatable bonds is 2. The van der Waals surface area contributed by atoms with E-state index < -0.39 is 5.97 Å². The lowest BCUT2D eigenvalue weighted by Crippen LogP contribution is -2.05. The van der Waals surface area contributed by atoms with E-state index in [4.69, 9.17) is 9.15 Å². The Morgan fingerprint density at radius 2 is 2.00 bits per heavy atom. The van der Waals surface area contributed by atoms with E-state index in [-0.39, 0.29) is 5.70 Å². The van der Waals surface area contributed by atoms with E-state index >= 15 is 0 Å². The van der Waals surface area contributed by atoms with Crippen LogP contribution in [0.1, 0.15) is 22.6 Å². The maximum absolute atomic E-state index is 11.9. The second-order valence-corrected chi connectivity index (χ2v) is 5.60. The van der Waals surface area contributed by atoms with Gasteiger partial charge in [0.05, 0.1) is 0 Å². The molecule has 0 atom stereocenters. The zero-order valence-corrected chi connectivity index (χ0v) is 13.1. The van der Waals surface area contributed by atoms with Crippen LogP contribution < -0.4 is 0 Å². The number of carbonyl (C=O) groups excluding carboxylic acids is 1. The molecule has 1 aromatic carbocycles. The minimum absolute atomic E-state index is 0.236. The number of aliphatic imine (C=N–C) groups is 1. The topological polar surface area (TPSA) is 51.8 Å². The first-order chi connectivity index (χ1) is 10.0. The number of cyclic esters (lactones) is 1. The molecule has 4 nitrogen and oxygen atoms in total. The van der Waals surface area contributed by atoms with E-state index in [1.54, 1.807) is 12.1 Å². The third-order valence-electron chi connectivity index (χ3n) is 3.07. The maximum Gasteiger partial charge on any atom is 0.363 e. The largest absolute Gasteiger partial charge is 0.462 e. The second-order valence-electron chi connectivity index (χ2n) is 4.75. The highest BCUT2D eigenvalue weighted by atomic mass is 79.9. The van der Waals surface area contributed by atoms with Crippen LogP contribution in [-0.4, -0.2) is 11.9 Å². The van der Waals surface area contributed by atoms with Crippen molar-refractivity contribution in [2.75, 3.05) is 0 Å². The molecule has 0 radical (unpaired) electrons. The summed E-state index contributed by atoms with van der Waals surface area (Å²) in [6.45, 7) is 3.81. The van der Waals surface area contributed by atoms with Gasteiger partial charge in [-0.3, -0.25) is 0 Å². The molecule has 21 heavy (non-hydrogen) atoms. The van der Waals surface area contributed by atoms with Gasteiger partial charge in [-0.2, -0.15) is 0 Å². The number of hydrogen-bond donors (Lipinski definition) is 0. The van der Waals surface area contributed by atoms with Gasteiger partial charge in [-0.05, 0) is 49.7 Å². The minimum Gasteiger partial charge on any atom is -0.462 e. The summed E-state index contributed by atoms with van der Waals surface area (Å²) in [5.41, 5.74) is 2.05. The molecule has 0 saturated carbocycles.